The Labute approximate surface area is 198 Å². The number of nitrogens with zero attached hydrogens (tertiary/aromatic N) is 1. The van der Waals surface area contributed by atoms with Gasteiger partial charge < -0.3 is 14.2 Å². The van der Waals surface area contributed by atoms with Gasteiger partial charge in [0.25, 0.3) is 0 Å². The summed E-state index contributed by atoms with van der Waals surface area (Å²) in [7, 11) is 0. The molecule has 0 saturated carbocycles. The van der Waals surface area contributed by atoms with Gasteiger partial charge in [0.15, 0.2) is 0 Å². The van der Waals surface area contributed by atoms with Crippen LogP contribution < -0.4 is 9.47 Å². The van der Waals surface area contributed by atoms with E-state index >= 15 is 0 Å². The van der Waals surface area contributed by atoms with Gasteiger partial charge >= 0.3 is 12.1 Å². The van der Waals surface area contributed by atoms with Crippen LogP contribution in [0.3, 0.4) is 0 Å². The molecule has 1 saturated heterocycles. The zero-order valence-corrected chi connectivity index (χ0v) is 20.1. The third-order valence-corrected chi connectivity index (χ3v) is 5.96. The van der Waals surface area contributed by atoms with E-state index in [4.69, 9.17) is 14.2 Å². The van der Waals surface area contributed by atoms with Crippen LogP contribution in [0.4, 0.5) is 13.2 Å². The van der Waals surface area contributed by atoms with Crippen LogP contribution in [0, 0.1) is 6.92 Å². The standard InChI is InChI=1S/C26H32F3NO4/c1-5-6-13-33-22-15-20(21-16-32-14-12-30(21)17(2)3)24(26(27,28)29)18(4)23(22)25(31)34-19-10-8-7-9-11-19/h7-11,15,17,21H,5-6,12-14,16H2,1-4H3. The maximum absolute atomic E-state index is 14.4. The van der Waals surface area contributed by atoms with E-state index < -0.39 is 23.8 Å². The molecule has 1 heterocycles. The molecule has 0 aromatic heterocycles. The molecule has 2 aromatic carbocycles. The number of carbonyl (C=O) groups is 1. The first-order valence-corrected chi connectivity index (χ1v) is 11.6. The van der Waals surface area contributed by atoms with Crippen molar-refractivity contribution < 1.29 is 32.2 Å². The highest BCUT2D eigenvalue weighted by Gasteiger charge is 2.42. The van der Waals surface area contributed by atoms with Crippen LogP contribution in [0.2, 0.25) is 0 Å². The molecule has 2 aromatic rings. The molecule has 3 rings (SSSR count). The highest BCUT2D eigenvalue weighted by Crippen LogP contribution is 2.44. The summed E-state index contributed by atoms with van der Waals surface area (Å²) in [6, 6.07) is 9.03. The third kappa shape index (κ3) is 5.91. The van der Waals surface area contributed by atoms with Crippen molar-refractivity contribution >= 4 is 5.97 Å². The van der Waals surface area contributed by atoms with Gasteiger partial charge in [-0.25, -0.2) is 4.79 Å². The first-order chi connectivity index (χ1) is 16.1. The number of para-hydroxylation sites is 1. The van der Waals surface area contributed by atoms with Gasteiger partial charge in [-0.15, -0.1) is 0 Å². The van der Waals surface area contributed by atoms with Gasteiger partial charge in [0.2, 0.25) is 0 Å². The number of halogens is 3. The first-order valence-electron chi connectivity index (χ1n) is 11.6. The first kappa shape index (κ1) is 26.0. The van der Waals surface area contributed by atoms with Crippen LogP contribution in [0.1, 0.15) is 66.7 Å². The maximum atomic E-state index is 14.4. The zero-order chi connectivity index (χ0) is 24.9. The van der Waals surface area contributed by atoms with Crippen LogP contribution in [0.25, 0.3) is 0 Å². The highest BCUT2D eigenvalue weighted by molar-refractivity contribution is 5.96. The summed E-state index contributed by atoms with van der Waals surface area (Å²) in [6.45, 7) is 8.57. The van der Waals surface area contributed by atoms with Crippen LogP contribution in [-0.4, -0.2) is 43.3 Å². The van der Waals surface area contributed by atoms with Gasteiger partial charge in [0.05, 0.1) is 31.4 Å². The van der Waals surface area contributed by atoms with E-state index in [0.717, 1.165) is 6.42 Å². The van der Waals surface area contributed by atoms with Crippen molar-refractivity contribution in [2.24, 2.45) is 0 Å². The third-order valence-electron chi connectivity index (χ3n) is 5.96. The summed E-state index contributed by atoms with van der Waals surface area (Å²) in [5, 5.41) is 0. The lowest BCUT2D eigenvalue weighted by molar-refractivity contribution is -0.140. The molecule has 0 amide bonds. The number of hydrogen-bond donors (Lipinski definition) is 0. The molecular weight excluding hydrogens is 447 g/mol. The van der Waals surface area contributed by atoms with Crippen LogP contribution in [0.15, 0.2) is 36.4 Å². The van der Waals surface area contributed by atoms with Crippen molar-refractivity contribution in [3.05, 3.63) is 58.7 Å². The minimum absolute atomic E-state index is 0.0162. The normalized spacial score (nSPS) is 17.1. The Bertz CT molecular complexity index is 976. The molecule has 186 valence electrons. The molecule has 0 radical (unpaired) electrons. The quantitative estimate of drug-likeness (QED) is 0.257. The van der Waals surface area contributed by atoms with Crippen molar-refractivity contribution in [3.63, 3.8) is 0 Å². The molecule has 0 aliphatic carbocycles. The average molecular weight is 480 g/mol. The number of hydrogen-bond acceptors (Lipinski definition) is 5. The molecule has 1 atom stereocenters. The molecule has 5 nitrogen and oxygen atoms in total. The number of rotatable bonds is 8. The van der Waals surface area contributed by atoms with Gasteiger partial charge in [-0.3, -0.25) is 4.90 Å². The minimum atomic E-state index is -4.68. The van der Waals surface area contributed by atoms with E-state index in [-0.39, 0.29) is 47.4 Å². The van der Waals surface area contributed by atoms with E-state index in [1.54, 1.807) is 30.3 Å². The van der Waals surface area contributed by atoms with Crippen LogP contribution in [-0.2, 0) is 10.9 Å². The van der Waals surface area contributed by atoms with E-state index in [2.05, 4.69) is 0 Å². The van der Waals surface area contributed by atoms with Crippen molar-refractivity contribution in [1.29, 1.82) is 0 Å². The molecule has 1 fully saturated rings. The molecule has 0 bridgehead atoms. The number of unbranched alkanes of at least 4 members (excludes halogenated alkanes) is 1. The molecule has 34 heavy (non-hydrogen) atoms. The Balaban J connectivity index is 2.17. The predicted octanol–water partition coefficient (Wildman–Crippen LogP) is 6.19. The monoisotopic (exact) mass is 479 g/mol. The number of alkyl halides is 3. The molecule has 1 aliphatic heterocycles. The molecule has 1 unspecified atom stereocenters. The second kappa shape index (κ2) is 11.2. The summed E-state index contributed by atoms with van der Waals surface area (Å²) in [5.41, 5.74) is -1.19. The van der Waals surface area contributed by atoms with Gasteiger partial charge in [0.1, 0.15) is 17.1 Å². The van der Waals surface area contributed by atoms with Gasteiger partial charge in [-0.1, -0.05) is 31.5 Å². The Morgan fingerprint density at radius 2 is 1.94 bits per heavy atom. The number of morpholine rings is 1. The van der Waals surface area contributed by atoms with Gasteiger partial charge in [0, 0.05) is 12.6 Å². The summed E-state index contributed by atoms with van der Waals surface area (Å²) in [5.74, 6) is -0.535. The molecule has 8 heteroatoms. The van der Waals surface area contributed by atoms with E-state index in [1.165, 1.54) is 13.0 Å². The molecule has 1 aliphatic rings. The summed E-state index contributed by atoms with van der Waals surface area (Å²) in [4.78, 5) is 15.1. The lowest BCUT2D eigenvalue weighted by Gasteiger charge is -2.40. The molecular formula is C26H32F3NO4. The SMILES string of the molecule is CCCCOc1cc(C2COCCN2C(C)C)c(C(F)(F)F)c(C)c1C(=O)Oc1ccccc1. The highest BCUT2D eigenvalue weighted by atomic mass is 19.4. The smallest absolute Gasteiger partial charge is 0.417 e. The fourth-order valence-electron chi connectivity index (χ4n) is 4.29. The van der Waals surface area contributed by atoms with Crippen molar-refractivity contribution in [2.75, 3.05) is 26.4 Å². The fraction of sp³-hybridized carbons (Fsp3) is 0.500. The Hall–Kier alpha value is -2.58. The van der Waals surface area contributed by atoms with E-state index in [1.807, 2.05) is 25.7 Å². The fourth-order valence-corrected chi connectivity index (χ4v) is 4.29. The second-order valence-electron chi connectivity index (χ2n) is 8.66. The summed E-state index contributed by atoms with van der Waals surface area (Å²) in [6.07, 6.45) is -3.13. The largest absolute Gasteiger partial charge is 0.493 e. The van der Waals surface area contributed by atoms with Crippen LogP contribution >= 0.6 is 0 Å². The van der Waals surface area contributed by atoms with Gasteiger partial charge in [-0.05, 0) is 56.5 Å². The Morgan fingerprint density at radius 3 is 2.56 bits per heavy atom. The van der Waals surface area contributed by atoms with E-state index in [9.17, 15) is 18.0 Å². The Morgan fingerprint density at radius 1 is 1.24 bits per heavy atom. The average Bonchev–Trinajstić information content (AvgIpc) is 2.78. The second-order valence-corrected chi connectivity index (χ2v) is 8.66. The topological polar surface area (TPSA) is 48.0 Å². The maximum Gasteiger partial charge on any atom is 0.417 e. The minimum Gasteiger partial charge on any atom is -0.493 e. The van der Waals surface area contributed by atoms with Crippen molar-refractivity contribution in [2.45, 2.75) is 58.8 Å². The number of carbonyl (C=O) groups excluding carboxylic acids is 1. The number of esters is 1. The van der Waals surface area contributed by atoms with Crippen molar-refractivity contribution in [1.82, 2.24) is 4.90 Å². The molecule has 0 spiro atoms. The summed E-state index contributed by atoms with van der Waals surface area (Å²) >= 11 is 0. The lowest BCUT2D eigenvalue weighted by Crippen LogP contribution is -2.44. The molecule has 0 N–H and O–H groups in total. The van der Waals surface area contributed by atoms with Crippen molar-refractivity contribution in [3.8, 4) is 11.5 Å². The Kier molecular flexibility index (Phi) is 8.60. The number of ether oxygens (including phenoxy) is 3. The van der Waals surface area contributed by atoms with Crippen LogP contribution in [0.5, 0.6) is 11.5 Å². The zero-order valence-electron chi connectivity index (χ0n) is 20.1. The predicted molar refractivity (Wildman–Crippen MR) is 123 cm³/mol. The lowest BCUT2D eigenvalue weighted by atomic mass is 9.90. The van der Waals surface area contributed by atoms with Gasteiger partial charge in [-0.2, -0.15) is 13.2 Å². The number of benzene rings is 2. The summed E-state index contributed by atoms with van der Waals surface area (Å²) < 4.78 is 60.2. The van der Waals surface area contributed by atoms with E-state index in [0.29, 0.717) is 19.6 Å².